The van der Waals surface area contributed by atoms with Gasteiger partial charge >= 0.3 is 6.18 Å². The van der Waals surface area contributed by atoms with Crippen molar-refractivity contribution in [2.45, 2.75) is 25.4 Å². The molecule has 0 bridgehead atoms. The van der Waals surface area contributed by atoms with E-state index in [1.165, 1.54) is 13.2 Å². The van der Waals surface area contributed by atoms with Crippen LogP contribution in [-0.2, 0) is 22.2 Å². The normalized spacial score (nSPS) is 12.1. The van der Waals surface area contributed by atoms with E-state index in [1.807, 2.05) is 0 Å². The molecule has 2 aromatic rings. The Hall–Kier alpha value is -2.12. The van der Waals surface area contributed by atoms with Gasteiger partial charge in [0.25, 0.3) is 0 Å². The van der Waals surface area contributed by atoms with Gasteiger partial charge in [-0.1, -0.05) is 40.5 Å². The van der Waals surface area contributed by atoms with Gasteiger partial charge in [-0.05, 0) is 23.8 Å². The number of carbonyl (C=O) groups is 1. The Bertz CT molecular complexity index is 837. The summed E-state index contributed by atoms with van der Waals surface area (Å²) in [4.78, 5) is 20.3. The van der Waals surface area contributed by atoms with Crippen LogP contribution in [0.1, 0.15) is 29.7 Å². The molecule has 1 aromatic carbocycles. The molecular weight excluding hydrogens is 404 g/mol. The number of nitrogens with zero attached hydrogens (tertiary/aromatic N) is 2. The molecule has 0 aliphatic rings. The first-order chi connectivity index (χ1) is 12.7. The van der Waals surface area contributed by atoms with Gasteiger partial charge in [0.05, 0.1) is 15.8 Å². The van der Waals surface area contributed by atoms with Crippen molar-refractivity contribution >= 4 is 34.7 Å². The van der Waals surface area contributed by atoms with Crippen LogP contribution in [-0.4, -0.2) is 23.6 Å². The number of halogens is 5. The third-order valence-electron chi connectivity index (χ3n) is 3.61. The van der Waals surface area contributed by atoms with Gasteiger partial charge in [0.1, 0.15) is 18.6 Å². The fraction of sp³-hybridized carbons (Fsp3) is 0.278. The summed E-state index contributed by atoms with van der Waals surface area (Å²) >= 11 is 11.9. The van der Waals surface area contributed by atoms with Crippen LogP contribution in [0.2, 0.25) is 10.0 Å². The van der Waals surface area contributed by atoms with Gasteiger partial charge in [0, 0.05) is 31.0 Å². The van der Waals surface area contributed by atoms with E-state index >= 15 is 0 Å². The number of hydrogen-bond donors (Lipinski definition) is 0. The molecule has 0 saturated carbocycles. The highest BCUT2D eigenvalue weighted by atomic mass is 35.5. The molecule has 9 heteroatoms. The lowest BCUT2D eigenvalue weighted by atomic mass is 10.0. The Morgan fingerprint density at radius 2 is 1.89 bits per heavy atom. The van der Waals surface area contributed by atoms with Gasteiger partial charge in [-0.15, -0.1) is 0 Å². The summed E-state index contributed by atoms with van der Waals surface area (Å²) in [5, 5.41) is 4.65. The van der Waals surface area contributed by atoms with Gasteiger partial charge in [0.2, 0.25) is 0 Å². The Labute approximate surface area is 163 Å². The van der Waals surface area contributed by atoms with Gasteiger partial charge in [0.15, 0.2) is 0 Å². The number of pyridine rings is 1. The minimum absolute atomic E-state index is 0.0211. The van der Waals surface area contributed by atoms with E-state index in [2.05, 4.69) is 10.1 Å². The zero-order valence-electron chi connectivity index (χ0n) is 14.2. The topological polar surface area (TPSA) is 51.5 Å². The maximum Gasteiger partial charge on any atom is 0.433 e. The lowest BCUT2D eigenvalue weighted by molar-refractivity contribution is -0.141. The molecule has 4 nitrogen and oxygen atoms in total. The molecule has 0 atom stereocenters. The van der Waals surface area contributed by atoms with Crippen LogP contribution in [0, 0.1) is 0 Å². The van der Waals surface area contributed by atoms with Crippen LogP contribution in [0.3, 0.4) is 0 Å². The number of aromatic nitrogens is 1. The van der Waals surface area contributed by atoms with E-state index in [9.17, 15) is 18.0 Å². The van der Waals surface area contributed by atoms with E-state index in [-0.39, 0.29) is 25.0 Å². The predicted molar refractivity (Wildman–Crippen MR) is 97.2 cm³/mol. The van der Waals surface area contributed by atoms with Crippen molar-refractivity contribution in [1.29, 1.82) is 0 Å². The fourth-order valence-corrected chi connectivity index (χ4v) is 2.60. The second kappa shape index (κ2) is 9.19. The molecule has 0 aliphatic heterocycles. The molecule has 0 unspecified atom stereocenters. The Balaban J connectivity index is 2.00. The zero-order valence-corrected chi connectivity index (χ0v) is 15.7. The van der Waals surface area contributed by atoms with Crippen LogP contribution >= 0.6 is 23.2 Å². The third-order valence-corrected chi connectivity index (χ3v) is 4.35. The molecule has 0 radical (unpaired) electrons. The Morgan fingerprint density at radius 1 is 1.15 bits per heavy atom. The van der Waals surface area contributed by atoms with Crippen LogP contribution in [0.15, 0.2) is 41.7 Å². The molecule has 0 N–H and O–H groups in total. The lowest BCUT2D eigenvalue weighted by Gasteiger charge is -2.08. The highest BCUT2D eigenvalue weighted by Crippen LogP contribution is 2.27. The Morgan fingerprint density at radius 3 is 2.44 bits per heavy atom. The highest BCUT2D eigenvalue weighted by Gasteiger charge is 2.32. The average Bonchev–Trinajstić information content (AvgIpc) is 2.61. The van der Waals surface area contributed by atoms with E-state index in [4.69, 9.17) is 28.0 Å². The summed E-state index contributed by atoms with van der Waals surface area (Å²) < 4.78 is 37.5. The minimum Gasteiger partial charge on any atom is -0.399 e. The molecule has 0 amide bonds. The van der Waals surface area contributed by atoms with Crippen LogP contribution in [0.25, 0.3) is 0 Å². The fourth-order valence-electron chi connectivity index (χ4n) is 2.30. The number of hydrogen-bond acceptors (Lipinski definition) is 4. The molecule has 0 aliphatic carbocycles. The summed E-state index contributed by atoms with van der Waals surface area (Å²) in [6, 6.07) is 7.04. The van der Waals surface area contributed by atoms with E-state index in [0.717, 1.165) is 12.3 Å². The third kappa shape index (κ3) is 6.22. The van der Waals surface area contributed by atoms with Crippen molar-refractivity contribution in [2.75, 3.05) is 7.11 Å². The number of rotatable bonds is 7. The summed E-state index contributed by atoms with van der Waals surface area (Å²) in [5.74, 6) is -0.166. The van der Waals surface area contributed by atoms with Gasteiger partial charge < -0.3 is 4.84 Å². The van der Waals surface area contributed by atoms with Crippen molar-refractivity contribution in [3.63, 3.8) is 0 Å². The number of ketones is 1. The number of Topliss-reactive ketones (excluding diaryl/α,β-unsaturated/α-hetero) is 1. The summed E-state index contributed by atoms with van der Waals surface area (Å²) in [6.45, 7) is 0. The van der Waals surface area contributed by atoms with E-state index < -0.39 is 11.9 Å². The number of alkyl halides is 3. The number of carbonyl (C=O) groups excluding carboxylic acids is 1. The molecule has 0 spiro atoms. The van der Waals surface area contributed by atoms with E-state index in [0.29, 0.717) is 26.9 Å². The molecule has 1 aromatic heterocycles. The number of oxime groups is 1. The van der Waals surface area contributed by atoms with Gasteiger partial charge in [-0.3, -0.25) is 9.78 Å². The van der Waals surface area contributed by atoms with Crippen molar-refractivity contribution in [2.24, 2.45) is 5.16 Å². The van der Waals surface area contributed by atoms with Crippen LogP contribution < -0.4 is 0 Å². The Kier molecular flexibility index (Phi) is 7.21. The first kappa shape index (κ1) is 21.2. The molecule has 0 fully saturated rings. The van der Waals surface area contributed by atoms with E-state index in [1.54, 1.807) is 18.2 Å². The van der Waals surface area contributed by atoms with Crippen molar-refractivity contribution < 1.29 is 22.8 Å². The van der Waals surface area contributed by atoms with Gasteiger partial charge in [-0.25, -0.2) is 0 Å². The summed E-state index contributed by atoms with van der Waals surface area (Å²) in [7, 11) is 1.38. The molecular formula is C18H15Cl2F3N2O2. The van der Waals surface area contributed by atoms with Crippen LogP contribution in [0.5, 0.6) is 0 Å². The zero-order chi connectivity index (χ0) is 20.0. The molecule has 2 rings (SSSR count). The van der Waals surface area contributed by atoms with Crippen molar-refractivity contribution in [1.82, 2.24) is 4.98 Å². The average molecular weight is 419 g/mol. The highest BCUT2D eigenvalue weighted by molar-refractivity contribution is 6.42. The van der Waals surface area contributed by atoms with Crippen molar-refractivity contribution in [3.05, 3.63) is 63.4 Å². The SMILES string of the molecule is CON=C(CCC(=O)Cc1ccc(C(F)(F)F)nc1)c1ccc(Cl)c(Cl)c1. The first-order valence-corrected chi connectivity index (χ1v) is 8.55. The monoisotopic (exact) mass is 418 g/mol. The maximum absolute atomic E-state index is 12.5. The first-order valence-electron chi connectivity index (χ1n) is 7.80. The summed E-state index contributed by atoms with van der Waals surface area (Å²) in [6.07, 6.45) is -3.06. The maximum atomic E-state index is 12.5. The standard InChI is InChI=1S/C18H15Cl2F3N2O2/c1-27-25-16(12-3-5-14(19)15(20)9-12)6-4-13(26)8-11-2-7-17(24-10-11)18(21,22)23/h2-3,5,7,9-10H,4,6,8H2,1H3. The molecule has 1 heterocycles. The lowest BCUT2D eigenvalue weighted by Crippen LogP contribution is -2.10. The number of benzene rings is 1. The smallest absolute Gasteiger partial charge is 0.399 e. The minimum atomic E-state index is -4.51. The second-order valence-electron chi connectivity index (χ2n) is 5.61. The van der Waals surface area contributed by atoms with Crippen molar-refractivity contribution in [3.8, 4) is 0 Å². The molecule has 144 valence electrons. The van der Waals surface area contributed by atoms with Crippen LogP contribution in [0.4, 0.5) is 13.2 Å². The largest absolute Gasteiger partial charge is 0.433 e. The molecule has 27 heavy (non-hydrogen) atoms. The quantitative estimate of drug-likeness (QED) is 0.449. The second-order valence-corrected chi connectivity index (χ2v) is 6.43. The summed E-state index contributed by atoms with van der Waals surface area (Å²) in [5.41, 5.74) is 0.589. The molecule has 0 saturated heterocycles. The van der Waals surface area contributed by atoms with Gasteiger partial charge in [-0.2, -0.15) is 13.2 Å². The predicted octanol–water partition coefficient (Wildman–Crippen LogP) is 5.35.